The van der Waals surface area contributed by atoms with E-state index < -0.39 is 0 Å². The van der Waals surface area contributed by atoms with E-state index >= 15 is 0 Å². The predicted octanol–water partition coefficient (Wildman–Crippen LogP) is 2.55. The van der Waals surface area contributed by atoms with Crippen molar-refractivity contribution in [1.82, 2.24) is 24.8 Å². The molecule has 1 fully saturated rings. The quantitative estimate of drug-likeness (QED) is 0.447. The second-order valence-corrected chi connectivity index (χ2v) is 8.58. The Hall–Kier alpha value is -3.98. The third-order valence-electron chi connectivity index (χ3n) is 6.40. The Bertz CT molecular complexity index is 1390. The van der Waals surface area contributed by atoms with Crippen LogP contribution in [-0.4, -0.2) is 44.6 Å². The van der Waals surface area contributed by atoms with Crippen molar-refractivity contribution < 1.29 is 4.79 Å². The molecule has 4 N–H and O–H groups in total. The van der Waals surface area contributed by atoms with Crippen molar-refractivity contribution in [2.24, 2.45) is 12.8 Å². The molecule has 0 radical (unpaired) electrons. The van der Waals surface area contributed by atoms with Crippen molar-refractivity contribution in [1.29, 1.82) is 0 Å². The molecule has 4 aromatic heterocycles. The van der Waals surface area contributed by atoms with E-state index in [2.05, 4.69) is 20.5 Å². The lowest BCUT2D eigenvalue weighted by molar-refractivity contribution is 0.0966. The van der Waals surface area contributed by atoms with Crippen LogP contribution in [0.4, 0.5) is 17.3 Å². The topological polar surface area (TPSA) is 114 Å². The fourth-order valence-corrected chi connectivity index (χ4v) is 4.74. The zero-order chi connectivity index (χ0) is 22.5. The summed E-state index contributed by atoms with van der Waals surface area (Å²) in [5.41, 5.74) is 10.8. The Morgan fingerprint density at radius 2 is 2.12 bits per heavy atom. The molecule has 33 heavy (non-hydrogen) atoms. The molecule has 0 spiro atoms. The van der Waals surface area contributed by atoms with Crippen LogP contribution in [0.25, 0.3) is 22.3 Å². The maximum Gasteiger partial charge on any atom is 0.254 e. The largest absolute Gasteiger partial charge is 0.355 e. The minimum atomic E-state index is -0.115. The Morgan fingerprint density at radius 3 is 2.97 bits per heavy atom. The van der Waals surface area contributed by atoms with E-state index in [-0.39, 0.29) is 11.9 Å². The van der Waals surface area contributed by atoms with E-state index in [0.717, 1.165) is 53.2 Å². The second-order valence-electron chi connectivity index (χ2n) is 8.58. The summed E-state index contributed by atoms with van der Waals surface area (Å²) in [4.78, 5) is 29.0. The summed E-state index contributed by atoms with van der Waals surface area (Å²) in [6, 6.07) is 9.99. The Morgan fingerprint density at radius 1 is 1.21 bits per heavy atom. The smallest absolute Gasteiger partial charge is 0.254 e. The molecule has 4 aromatic rings. The van der Waals surface area contributed by atoms with Crippen molar-refractivity contribution in [3.63, 3.8) is 0 Å². The van der Waals surface area contributed by atoms with Crippen LogP contribution in [0.3, 0.4) is 0 Å². The molecule has 0 unspecified atom stereocenters. The molecule has 0 saturated carbocycles. The van der Waals surface area contributed by atoms with E-state index in [1.54, 1.807) is 12.4 Å². The first-order valence-corrected chi connectivity index (χ1v) is 11.0. The highest BCUT2D eigenvalue weighted by Gasteiger charge is 2.28. The van der Waals surface area contributed by atoms with Gasteiger partial charge in [-0.25, -0.2) is 9.97 Å². The molecule has 0 bridgehead atoms. The van der Waals surface area contributed by atoms with E-state index in [1.165, 1.54) is 0 Å². The molecular formula is C24H24N8O. The zero-order valence-electron chi connectivity index (χ0n) is 18.2. The Labute approximate surface area is 190 Å². The summed E-state index contributed by atoms with van der Waals surface area (Å²) in [6.45, 7) is 2.12. The molecule has 0 aliphatic carbocycles. The molecule has 0 aromatic carbocycles. The lowest BCUT2D eigenvalue weighted by Crippen LogP contribution is -2.26. The van der Waals surface area contributed by atoms with Crippen LogP contribution in [0, 0.1) is 0 Å². The van der Waals surface area contributed by atoms with Gasteiger partial charge in [0.2, 0.25) is 0 Å². The van der Waals surface area contributed by atoms with E-state index in [4.69, 9.17) is 15.7 Å². The van der Waals surface area contributed by atoms with Crippen LogP contribution in [0.1, 0.15) is 22.3 Å². The summed E-state index contributed by atoms with van der Waals surface area (Å²) in [6.07, 6.45) is 6.44. The van der Waals surface area contributed by atoms with Gasteiger partial charge in [0.1, 0.15) is 17.3 Å². The highest BCUT2D eigenvalue weighted by Crippen LogP contribution is 2.36. The second kappa shape index (κ2) is 7.56. The van der Waals surface area contributed by atoms with Gasteiger partial charge < -0.3 is 25.8 Å². The Kier molecular flexibility index (Phi) is 4.51. The SMILES string of the molecule is Cn1ccc2c(-c3ncc(Nc4cccc(N5CC[C@H](N)C5)n4)c4c3CNC4=O)ccnc21. The number of anilines is 3. The van der Waals surface area contributed by atoms with Gasteiger partial charge in [-0.05, 0) is 30.7 Å². The number of carbonyl (C=O) groups excluding carboxylic acids is 1. The van der Waals surface area contributed by atoms with Gasteiger partial charge in [0.25, 0.3) is 5.91 Å². The molecule has 2 aliphatic rings. The van der Waals surface area contributed by atoms with Gasteiger partial charge in [-0.3, -0.25) is 9.78 Å². The molecule has 1 amide bonds. The van der Waals surface area contributed by atoms with Crippen molar-refractivity contribution in [2.75, 3.05) is 23.3 Å². The van der Waals surface area contributed by atoms with Gasteiger partial charge in [-0.2, -0.15) is 0 Å². The summed E-state index contributed by atoms with van der Waals surface area (Å²) in [7, 11) is 1.96. The minimum Gasteiger partial charge on any atom is -0.355 e. The van der Waals surface area contributed by atoms with Gasteiger partial charge in [0, 0.05) is 61.6 Å². The number of rotatable bonds is 4. The lowest BCUT2D eigenvalue weighted by atomic mass is 10.0. The van der Waals surface area contributed by atoms with Crippen molar-refractivity contribution in [2.45, 2.75) is 19.0 Å². The first kappa shape index (κ1) is 19.7. The molecule has 6 heterocycles. The number of fused-ring (bicyclic) bond motifs is 2. The zero-order valence-corrected chi connectivity index (χ0v) is 18.2. The number of pyridine rings is 3. The van der Waals surface area contributed by atoms with E-state index in [9.17, 15) is 4.79 Å². The van der Waals surface area contributed by atoms with Crippen molar-refractivity contribution in [3.05, 3.63) is 60.0 Å². The number of amides is 1. The maximum atomic E-state index is 12.8. The first-order chi connectivity index (χ1) is 16.1. The van der Waals surface area contributed by atoms with Crippen molar-refractivity contribution >= 4 is 34.3 Å². The number of nitrogens with zero attached hydrogens (tertiary/aromatic N) is 5. The van der Waals surface area contributed by atoms with Crippen LogP contribution >= 0.6 is 0 Å². The summed E-state index contributed by atoms with van der Waals surface area (Å²) in [5.74, 6) is 1.43. The average Bonchev–Trinajstić information content (AvgIpc) is 3.54. The highest BCUT2D eigenvalue weighted by molar-refractivity contribution is 6.06. The van der Waals surface area contributed by atoms with E-state index in [0.29, 0.717) is 23.6 Å². The molecule has 2 aliphatic heterocycles. The van der Waals surface area contributed by atoms with Crippen LogP contribution in [0.15, 0.2) is 48.9 Å². The first-order valence-electron chi connectivity index (χ1n) is 11.0. The molecule has 9 nitrogen and oxygen atoms in total. The normalized spacial score (nSPS) is 17.5. The molecular weight excluding hydrogens is 416 g/mol. The number of hydrogen-bond donors (Lipinski definition) is 3. The van der Waals surface area contributed by atoms with Gasteiger partial charge in [-0.1, -0.05) is 6.07 Å². The highest BCUT2D eigenvalue weighted by atomic mass is 16.1. The molecule has 1 saturated heterocycles. The third-order valence-corrected chi connectivity index (χ3v) is 6.40. The number of carbonyl (C=O) groups is 1. The molecule has 166 valence electrons. The van der Waals surface area contributed by atoms with Crippen LogP contribution in [-0.2, 0) is 13.6 Å². The van der Waals surface area contributed by atoms with Crippen LogP contribution in [0.2, 0.25) is 0 Å². The monoisotopic (exact) mass is 440 g/mol. The number of hydrogen-bond acceptors (Lipinski definition) is 7. The number of nitrogens with two attached hydrogens (primary N) is 1. The van der Waals surface area contributed by atoms with Gasteiger partial charge in [0.15, 0.2) is 0 Å². The maximum absolute atomic E-state index is 12.8. The summed E-state index contributed by atoms with van der Waals surface area (Å²) >= 11 is 0. The number of aryl methyl sites for hydroxylation is 1. The summed E-state index contributed by atoms with van der Waals surface area (Å²) < 4.78 is 1.98. The third kappa shape index (κ3) is 3.28. The average molecular weight is 441 g/mol. The van der Waals surface area contributed by atoms with E-state index in [1.807, 2.05) is 48.1 Å². The summed E-state index contributed by atoms with van der Waals surface area (Å²) in [5, 5.41) is 7.28. The van der Waals surface area contributed by atoms with Gasteiger partial charge in [-0.15, -0.1) is 0 Å². The lowest BCUT2D eigenvalue weighted by Gasteiger charge is -2.18. The molecule has 9 heteroatoms. The molecule has 1 atom stereocenters. The fraction of sp³-hybridized carbons (Fsp3) is 0.250. The van der Waals surface area contributed by atoms with Gasteiger partial charge >= 0.3 is 0 Å². The van der Waals surface area contributed by atoms with Crippen LogP contribution in [0.5, 0.6) is 0 Å². The van der Waals surface area contributed by atoms with Crippen molar-refractivity contribution in [3.8, 4) is 11.3 Å². The number of nitrogens with one attached hydrogen (secondary N) is 2. The van der Waals surface area contributed by atoms with Crippen LogP contribution < -0.4 is 21.3 Å². The van der Waals surface area contributed by atoms with Gasteiger partial charge in [0.05, 0.1) is 23.1 Å². The minimum absolute atomic E-state index is 0.115. The molecule has 6 rings (SSSR count). The number of aromatic nitrogens is 4. The Balaban J connectivity index is 1.39. The standard InChI is InChI=1S/C24H24N8O/c1-31-9-7-16-15(5-8-26-23(16)31)22-17-11-28-24(33)21(17)18(12-27-22)29-19-3-2-4-20(30-19)32-10-6-14(25)13-32/h2-5,7-9,12,14H,6,10-11,13,25H2,1H3,(H,28,33)(H,29,30)/t14-/m0/s1. The predicted molar refractivity (Wildman–Crippen MR) is 127 cm³/mol. The fourth-order valence-electron chi connectivity index (χ4n) is 4.74.